The third kappa shape index (κ3) is 3.52. The lowest BCUT2D eigenvalue weighted by atomic mass is 10.0. The molecule has 0 atom stereocenters. The topological polar surface area (TPSA) is 37.3 Å². The highest BCUT2D eigenvalue weighted by atomic mass is 19.4. The van der Waals surface area contributed by atoms with Crippen molar-refractivity contribution in [2.24, 2.45) is 0 Å². The Morgan fingerprint density at radius 1 is 1.11 bits per heavy atom. The number of hydrogen-bond donors (Lipinski definition) is 1. The van der Waals surface area contributed by atoms with Gasteiger partial charge in [-0.25, -0.2) is 4.79 Å². The van der Waals surface area contributed by atoms with E-state index >= 15 is 0 Å². The fourth-order valence-corrected chi connectivity index (χ4v) is 1.30. The van der Waals surface area contributed by atoms with E-state index in [9.17, 15) is 26.7 Å². The summed E-state index contributed by atoms with van der Waals surface area (Å²) in [6.45, 7) is 3.24. The second-order valence-corrected chi connectivity index (χ2v) is 3.86. The van der Waals surface area contributed by atoms with Gasteiger partial charge in [-0.3, -0.25) is 0 Å². The van der Waals surface area contributed by atoms with Crippen LogP contribution in [0.2, 0.25) is 0 Å². The first-order valence-corrected chi connectivity index (χ1v) is 5.00. The Kier molecular flexibility index (Phi) is 3.97. The number of carboxylic acids is 1. The van der Waals surface area contributed by atoms with Crippen LogP contribution < -0.4 is 0 Å². The molecule has 104 valence electrons. The molecule has 7 heteroatoms. The smallest absolute Gasteiger partial charge is 0.453 e. The van der Waals surface area contributed by atoms with Crippen molar-refractivity contribution in [3.8, 4) is 0 Å². The molecule has 0 aliphatic rings. The van der Waals surface area contributed by atoms with Gasteiger partial charge in [0.05, 0.1) is 5.57 Å². The minimum absolute atomic E-state index is 0.145. The molecule has 0 amide bonds. The predicted molar refractivity (Wildman–Crippen MR) is 57.8 cm³/mol. The standard InChI is InChI=1S/C12H9F5O2/c1-7(10(18)19)9-4-2-8(3-5-9)6-11(13,14)12(15,16)17/h2-5H,1,6H2,(H,18,19). The van der Waals surface area contributed by atoms with Crippen LogP contribution in [0.4, 0.5) is 22.0 Å². The monoisotopic (exact) mass is 280 g/mol. The molecule has 0 radical (unpaired) electrons. The van der Waals surface area contributed by atoms with Gasteiger partial charge in [0.1, 0.15) is 0 Å². The van der Waals surface area contributed by atoms with Gasteiger partial charge in [0, 0.05) is 6.42 Å². The second kappa shape index (κ2) is 4.99. The van der Waals surface area contributed by atoms with E-state index in [0.717, 1.165) is 24.3 Å². The molecule has 0 fully saturated rings. The molecule has 0 aliphatic heterocycles. The van der Waals surface area contributed by atoms with Gasteiger partial charge in [0.25, 0.3) is 0 Å². The quantitative estimate of drug-likeness (QED) is 0.676. The van der Waals surface area contributed by atoms with Crippen LogP contribution in [0.25, 0.3) is 5.57 Å². The lowest BCUT2D eigenvalue weighted by molar-refractivity contribution is -0.281. The molecule has 0 unspecified atom stereocenters. The lowest BCUT2D eigenvalue weighted by Gasteiger charge is -2.19. The summed E-state index contributed by atoms with van der Waals surface area (Å²) >= 11 is 0. The molecule has 19 heavy (non-hydrogen) atoms. The van der Waals surface area contributed by atoms with Gasteiger partial charge in [-0.2, -0.15) is 22.0 Å². The van der Waals surface area contributed by atoms with Gasteiger partial charge in [-0.1, -0.05) is 30.8 Å². The van der Waals surface area contributed by atoms with E-state index < -0.39 is 24.5 Å². The molecule has 1 aromatic rings. The Hall–Kier alpha value is -1.92. The number of carboxylic acid groups (broad SMARTS) is 1. The SMILES string of the molecule is C=C(C(=O)O)c1ccc(CC(F)(F)C(F)(F)F)cc1. The van der Waals surface area contributed by atoms with Crippen molar-refractivity contribution in [2.45, 2.75) is 18.5 Å². The third-order valence-corrected chi connectivity index (χ3v) is 2.40. The second-order valence-electron chi connectivity index (χ2n) is 3.86. The normalized spacial score (nSPS) is 12.3. The molecule has 0 heterocycles. The summed E-state index contributed by atoms with van der Waals surface area (Å²) in [4.78, 5) is 10.6. The van der Waals surface area contributed by atoms with Gasteiger partial charge in [-0.15, -0.1) is 0 Å². The highest BCUT2D eigenvalue weighted by Crippen LogP contribution is 2.38. The van der Waals surface area contributed by atoms with Crippen LogP contribution in [0.15, 0.2) is 30.8 Å². The van der Waals surface area contributed by atoms with Gasteiger partial charge in [0.15, 0.2) is 0 Å². The van der Waals surface area contributed by atoms with Crippen molar-refractivity contribution in [3.05, 3.63) is 42.0 Å². The molecular weight excluding hydrogens is 271 g/mol. The number of carbonyl (C=O) groups is 1. The minimum atomic E-state index is -5.61. The third-order valence-electron chi connectivity index (χ3n) is 2.40. The van der Waals surface area contributed by atoms with E-state index in [0.29, 0.717) is 0 Å². The molecule has 1 N–H and O–H groups in total. The van der Waals surface area contributed by atoms with E-state index in [1.807, 2.05) is 0 Å². The van der Waals surface area contributed by atoms with Crippen LogP contribution in [0.5, 0.6) is 0 Å². The van der Waals surface area contributed by atoms with Gasteiger partial charge in [0.2, 0.25) is 0 Å². The summed E-state index contributed by atoms with van der Waals surface area (Å²) < 4.78 is 61.5. The minimum Gasteiger partial charge on any atom is -0.478 e. The Morgan fingerprint density at radius 3 is 1.95 bits per heavy atom. The molecule has 0 spiro atoms. The Bertz CT molecular complexity index is 488. The first kappa shape index (κ1) is 15.1. The zero-order valence-electron chi connectivity index (χ0n) is 9.47. The van der Waals surface area contributed by atoms with Gasteiger partial charge < -0.3 is 5.11 Å². The van der Waals surface area contributed by atoms with E-state index in [-0.39, 0.29) is 16.7 Å². The number of alkyl halides is 5. The highest BCUT2D eigenvalue weighted by molar-refractivity contribution is 6.14. The molecule has 0 bridgehead atoms. The maximum absolute atomic E-state index is 12.8. The molecule has 1 aromatic carbocycles. The van der Waals surface area contributed by atoms with Crippen LogP contribution in [0, 0.1) is 0 Å². The molecule has 0 aromatic heterocycles. The molecular formula is C12H9F5O2. The average molecular weight is 280 g/mol. The Labute approximate surface area is 105 Å². The maximum atomic E-state index is 12.8. The Balaban J connectivity index is 2.90. The number of rotatable bonds is 4. The fourth-order valence-electron chi connectivity index (χ4n) is 1.30. The predicted octanol–water partition coefficient (Wildman–Crippen LogP) is 3.52. The summed E-state index contributed by atoms with van der Waals surface area (Å²) in [5, 5.41) is 8.63. The van der Waals surface area contributed by atoms with Crippen LogP contribution >= 0.6 is 0 Å². The van der Waals surface area contributed by atoms with E-state index in [1.54, 1.807) is 0 Å². The summed E-state index contributed by atoms with van der Waals surface area (Å²) in [7, 11) is 0. The molecule has 1 rings (SSSR count). The number of hydrogen-bond acceptors (Lipinski definition) is 1. The van der Waals surface area contributed by atoms with Crippen molar-refractivity contribution in [2.75, 3.05) is 0 Å². The number of benzene rings is 1. The molecule has 2 nitrogen and oxygen atoms in total. The molecule has 0 aliphatic carbocycles. The zero-order valence-corrected chi connectivity index (χ0v) is 9.47. The number of aliphatic carboxylic acids is 1. The van der Waals surface area contributed by atoms with Crippen molar-refractivity contribution < 1.29 is 31.9 Å². The van der Waals surface area contributed by atoms with E-state index in [2.05, 4.69) is 6.58 Å². The van der Waals surface area contributed by atoms with E-state index in [1.165, 1.54) is 0 Å². The lowest BCUT2D eigenvalue weighted by Crippen LogP contribution is -2.38. The fraction of sp³-hybridized carbons (Fsp3) is 0.250. The van der Waals surface area contributed by atoms with Crippen molar-refractivity contribution >= 4 is 11.5 Å². The first-order valence-electron chi connectivity index (χ1n) is 5.00. The average Bonchev–Trinajstić information content (AvgIpc) is 2.27. The summed E-state index contributed by atoms with van der Waals surface area (Å²) in [5.41, 5.74) is -0.370. The van der Waals surface area contributed by atoms with Crippen molar-refractivity contribution in [1.82, 2.24) is 0 Å². The maximum Gasteiger partial charge on any atom is 0.453 e. The summed E-state index contributed by atoms with van der Waals surface area (Å²) in [6.07, 6.45) is -7.10. The number of halogens is 5. The van der Waals surface area contributed by atoms with Gasteiger partial charge >= 0.3 is 18.1 Å². The van der Waals surface area contributed by atoms with Crippen LogP contribution in [-0.2, 0) is 11.2 Å². The largest absolute Gasteiger partial charge is 0.478 e. The summed E-state index contributed by atoms with van der Waals surface area (Å²) in [5.74, 6) is -6.12. The Morgan fingerprint density at radius 2 is 1.58 bits per heavy atom. The van der Waals surface area contributed by atoms with Crippen molar-refractivity contribution in [1.29, 1.82) is 0 Å². The van der Waals surface area contributed by atoms with E-state index in [4.69, 9.17) is 5.11 Å². The first-order chi connectivity index (χ1) is 8.54. The summed E-state index contributed by atoms with van der Waals surface area (Å²) in [6, 6.07) is 4.31. The molecule has 0 saturated heterocycles. The molecule has 0 saturated carbocycles. The van der Waals surface area contributed by atoms with Gasteiger partial charge in [-0.05, 0) is 11.1 Å². The van der Waals surface area contributed by atoms with Crippen molar-refractivity contribution in [3.63, 3.8) is 0 Å². The highest BCUT2D eigenvalue weighted by Gasteiger charge is 2.56. The van der Waals surface area contributed by atoms with Crippen LogP contribution in [0.1, 0.15) is 11.1 Å². The van der Waals surface area contributed by atoms with Crippen LogP contribution in [0.3, 0.4) is 0 Å². The van der Waals surface area contributed by atoms with Crippen LogP contribution in [-0.4, -0.2) is 23.2 Å². The zero-order chi connectivity index (χ0) is 14.8.